The largest absolute Gasteiger partial charge is 0.468 e. The van der Waals surface area contributed by atoms with E-state index in [0.717, 1.165) is 0 Å². The molecule has 0 saturated heterocycles. The van der Waals surface area contributed by atoms with Crippen molar-refractivity contribution >= 4 is 10.1 Å². The van der Waals surface area contributed by atoms with Gasteiger partial charge < -0.3 is 4.74 Å². The van der Waals surface area contributed by atoms with Crippen molar-refractivity contribution in [3.8, 4) is 0 Å². The normalized spacial score (nSPS) is 19.4. The summed E-state index contributed by atoms with van der Waals surface area (Å²) in [6.45, 7) is 0. The van der Waals surface area contributed by atoms with E-state index in [1.807, 2.05) is 0 Å². The van der Waals surface area contributed by atoms with Crippen LogP contribution in [-0.2, 0) is 19.0 Å². The first-order valence-corrected chi connectivity index (χ1v) is 6.06. The minimum atomic E-state index is -3.77. The maximum Gasteiger partial charge on any atom is 0.300 e. The van der Waals surface area contributed by atoms with Crippen LogP contribution in [-0.4, -0.2) is 14.7 Å². The number of allylic oxidation sites excluding steroid dienone is 2. The Bertz CT molecular complexity index is 502. The smallest absolute Gasteiger partial charge is 0.300 e. The molecule has 1 atom stereocenters. The molecule has 1 heterocycles. The maximum absolute atomic E-state index is 11.7. The van der Waals surface area contributed by atoms with Crippen LogP contribution in [0.4, 0.5) is 0 Å². The van der Waals surface area contributed by atoms with Gasteiger partial charge in [-0.25, -0.2) is 4.18 Å². The quantitative estimate of drug-likeness (QED) is 0.754. The molecule has 0 radical (unpaired) electrons. The fourth-order valence-corrected chi connectivity index (χ4v) is 2.15. The highest BCUT2D eigenvalue weighted by molar-refractivity contribution is 7.86. The summed E-state index contributed by atoms with van der Waals surface area (Å²) in [5, 5.41) is 0. The molecule has 16 heavy (non-hydrogen) atoms. The third kappa shape index (κ3) is 2.50. The average Bonchev–Trinajstić information content (AvgIpc) is 2.31. The molecule has 0 N–H and O–H groups in total. The molecule has 0 amide bonds. The molecule has 84 valence electrons. The molecule has 0 bridgehead atoms. The van der Waals surface area contributed by atoms with Gasteiger partial charge in [0.2, 0.25) is 6.29 Å². The molecular formula is C11H10O4S. The molecule has 1 aromatic rings. The van der Waals surface area contributed by atoms with Crippen molar-refractivity contribution in [1.29, 1.82) is 0 Å². The zero-order valence-corrected chi connectivity index (χ0v) is 9.13. The molecule has 0 spiro atoms. The molecule has 0 fully saturated rings. The van der Waals surface area contributed by atoms with Crippen molar-refractivity contribution in [1.82, 2.24) is 0 Å². The van der Waals surface area contributed by atoms with Gasteiger partial charge in [0.1, 0.15) is 0 Å². The Morgan fingerprint density at radius 1 is 1.12 bits per heavy atom. The first kappa shape index (κ1) is 10.9. The van der Waals surface area contributed by atoms with E-state index in [-0.39, 0.29) is 4.90 Å². The highest BCUT2D eigenvalue weighted by Crippen LogP contribution is 2.16. The molecule has 2 rings (SSSR count). The predicted octanol–water partition coefficient (Wildman–Crippen LogP) is 1.82. The summed E-state index contributed by atoms with van der Waals surface area (Å²) in [7, 11) is -3.77. The molecule has 0 aromatic heterocycles. The van der Waals surface area contributed by atoms with E-state index < -0.39 is 16.4 Å². The van der Waals surface area contributed by atoms with Crippen LogP contribution in [0.25, 0.3) is 0 Å². The standard InChI is InChI=1S/C11H10O4S/c12-16(13,10-6-2-1-3-7-10)15-11-8-4-5-9-14-11/h1-9,11H. The fraction of sp³-hybridized carbons (Fsp3) is 0.0909. The van der Waals surface area contributed by atoms with Gasteiger partial charge in [0.05, 0.1) is 11.2 Å². The van der Waals surface area contributed by atoms with E-state index in [9.17, 15) is 8.42 Å². The van der Waals surface area contributed by atoms with Crippen molar-refractivity contribution in [3.63, 3.8) is 0 Å². The number of hydrogen-bond acceptors (Lipinski definition) is 4. The first-order valence-electron chi connectivity index (χ1n) is 4.66. The Labute approximate surface area is 93.9 Å². The third-order valence-corrected chi connectivity index (χ3v) is 3.22. The van der Waals surface area contributed by atoms with E-state index in [0.29, 0.717) is 0 Å². The molecule has 4 nitrogen and oxygen atoms in total. The van der Waals surface area contributed by atoms with E-state index in [4.69, 9.17) is 8.92 Å². The van der Waals surface area contributed by atoms with Crippen molar-refractivity contribution in [2.45, 2.75) is 11.2 Å². The SMILES string of the molecule is O=S(=O)(OC1C=CC=CO1)c1ccccc1. The monoisotopic (exact) mass is 238 g/mol. The van der Waals surface area contributed by atoms with Gasteiger partial charge in [-0.1, -0.05) is 24.3 Å². The third-order valence-electron chi connectivity index (χ3n) is 1.92. The minimum Gasteiger partial charge on any atom is -0.468 e. The minimum absolute atomic E-state index is 0.113. The zero-order chi connectivity index (χ0) is 11.4. The van der Waals surface area contributed by atoms with Gasteiger partial charge in [0.25, 0.3) is 0 Å². The van der Waals surface area contributed by atoms with Crippen LogP contribution in [0.2, 0.25) is 0 Å². The van der Waals surface area contributed by atoms with Gasteiger partial charge in [-0.05, 0) is 24.3 Å². The van der Waals surface area contributed by atoms with E-state index in [1.165, 1.54) is 24.5 Å². The van der Waals surface area contributed by atoms with Crippen LogP contribution in [0.15, 0.2) is 59.7 Å². The zero-order valence-electron chi connectivity index (χ0n) is 8.31. The summed E-state index contributed by atoms with van der Waals surface area (Å²) in [6.07, 6.45) is 5.31. The Kier molecular flexibility index (Phi) is 3.07. The molecule has 1 unspecified atom stereocenters. The number of ether oxygens (including phenoxy) is 1. The number of hydrogen-bond donors (Lipinski definition) is 0. The van der Waals surface area contributed by atoms with Crippen LogP contribution >= 0.6 is 0 Å². The van der Waals surface area contributed by atoms with Gasteiger partial charge in [-0.2, -0.15) is 8.42 Å². The number of rotatable bonds is 3. The second-order valence-electron chi connectivity index (χ2n) is 3.08. The summed E-state index contributed by atoms with van der Waals surface area (Å²) in [4.78, 5) is 0.113. The van der Waals surface area contributed by atoms with Gasteiger partial charge in [0, 0.05) is 0 Å². The Morgan fingerprint density at radius 2 is 1.88 bits per heavy atom. The van der Waals surface area contributed by atoms with Gasteiger partial charge in [-0.3, -0.25) is 0 Å². The first-order chi connectivity index (χ1) is 7.68. The summed E-state index contributed by atoms with van der Waals surface area (Å²) in [5.41, 5.74) is 0. The highest BCUT2D eigenvalue weighted by Gasteiger charge is 2.20. The molecule has 1 aromatic carbocycles. The summed E-state index contributed by atoms with van der Waals surface area (Å²) in [6, 6.07) is 7.94. The predicted molar refractivity (Wildman–Crippen MR) is 57.9 cm³/mol. The van der Waals surface area contributed by atoms with Crippen LogP contribution in [0.5, 0.6) is 0 Å². The molecule has 5 heteroatoms. The van der Waals surface area contributed by atoms with Crippen LogP contribution in [0.3, 0.4) is 0 Å². The summed E-state index contributed by atoms with van der Waals surface area (Å²) < 4.78 is 33.3. The fourth-order valence-electron chi connectivity index (χ4n) is 1.19. The highest BCUT2D eigenvalue weighted by atomic mass is 32.2. The Balaban J connectivity index is 2.15. The molecule has 0 saturated carbocycles. The molecule has 1 aliphatic rings. The van der Waals surface area contributed by atoms with Crippen LogP contribution in [0, 0.1) is 0 Å². The molecular weight excluding hydrogens is 228 g/mol. The van der Waals surface area contributed by atoms with Gasteiger partial charge in [-0.15, -0.1) is 0 Å². The Hall–Kier alpha value is -1.59. The molecule has 0 aliphatic carbocycles. The van der Waals surface area contributed by atoms with Crippen molar-refractivity contribution in [2.24, 2.45) is 0 Å². The van der Waals surface area contributed by atoms with Gasteiger partial charge >= 0.3 is 10.1 Å². The summed E-state index contributed by atoms with van der Waals surface area (Å²) in [5.74, 6) is 0. The van der Waals surface area contributed by atoms with Crippen LogP contribution < -0.4 is 0 Å². The van der Waals surface area contributed by atoms with Crippen molar-refractivity contribution in [3.05, 3.63) is 54.8 Å². The van der Waals surface area contributed by atoms with Crippen LogP contribution in [0.1, 0.15) is 0 Å². The summed E-state index contributed by atoms with van der Waals surface area (Å²) >= 11 is 0. The average molecular weight is 238 g/mol. The topological polar surface area (TPSA) is 52.6 Å². The van der Waals surface area contributed by atoms with Crippen molar-refractivity contribution < 1.29 is 17.3 Å². The lowest BCUT2D eigenvalue weighted by molar-refractivity contribution is 0.0132. The van der Waals surface area contributed by atoms with E-state index in [1.54, 1.807) is 30.4 Å². The van der Waals surface area contributed by atoms with Gasteiger partial charge in [0.15, 0.2) is 0 Å². The lowest BCUT2D eigenvalue weighted by Crippen LogP contribution is -2.18. The van der Waals surface area contributed by atoms with E-state index >= 15 is 0 Å². The maximum atomic E-state index is 11.7. The van der Waals surface area contributed by atoms with E-state index in [2.05, 4.69) is 0 Å². The second kappa shape index (κ2) is 4.51. The second-order valence-corrected chi connectivity index (χ2v) is 4.65. The number of benzene rings is 1. The lowest BCUT2D eigenvalue weighted by atomic mass is 10.4. The Morgan fingerprint density at radius 3 is 2.50 bits per heavy atom. The molecule has 1 aliphatic heterocycles. The van der Waals surface area contributed by atoms with Crippen molar-refractivity contribution in [2.75, 3.05) is 0 Å². The lowest BCUT2D eigenvalue weighted by Gasteiger charge is -2.15.